The molecule has 6 heteroatoms. The first-order valence-corrected chi connectivity index (χ1v) is 6.70. The van der Waals surface area contributed by atoms with Crippen LogP contribution in [-0.2, 0) is 6.42 Å². The molecule has 0 amide bonds. The number of hydrogen-bond donors (Lipinski definition) is 1. The molecule has 3 aromatic heterocycles. The standard InChI is InChI=1S/C13H11BrN4O/c1-2-8-6-16-18-12(19)5-11(17-13(8)18)10-4-3-9(14)7-15-10/h3-7,16H,2H2,1H3. The lowest BCUT2D eigenvalue weighted by atomic mass is 10.2. The second kappa shape index (κ2) is 4.62. The number of aromatic nitrogens is 4. The molecule has 1 N–H and O–H groups in total. The molecule has 0 saturated carbocycles. The number of aryl methyl sites for hydroxylation is 1. The smallest absolute Gasteiger partial charge is 0.273 e. The SMILES string of the molecule is CCc1c[nH]n2c(=O)cc(-c3ccc(Br)cn3)nc12. The number of rotatable bonds is 2. The summed E-state index contributed by atoms with van der Waals surface area (Å²) < 4.78 is 2.34. The van der Waals surface area contributed by atoms with E-state index in [1.807, 2.05) is 25.3 Å². The topological polar surface area (TPSA) is 63.0 Å². The summed E-state index contributed by atoms with van der Waals surface area (Å²) >= 11 is 3.34. The molecule has 0 unspecified atom stereocenters. The number of hydrogen-bond acceptors (Lipinski definition) is 3. The van der Waals surface area contributed by atoms with Crippen molar-refractivity contribution in [3.63, 3.8) is 0 Å². The molecule has 5 nitrogen and oxygen atoms in total. The number of nitrogens with zero attached hydrogens (tertiary/aromatic N) is 3. The van der Waals surface area contributed by atoms with Crippen LogP contribution < -0.4 is 5.56 Å². The zero-order valence-electron chi connectivity index (χ0n) is 10.2. The first-order chi connectivity index (χ1) is 9.19. The van der Waals surface area contributed by atoms with Crippen LogP contribution in [0.1, 0.15) is 12.5 Å². The predicted molar refractivity (Wildman–Crippen MR) is 76.1 cm³/mol. The average molecular weight is 319 g/mol. The highest BCUT2D eigenvalue weighted by Crippen LogP contribution is 2.17. The molecule has 0 aliphatic heterocycles. The van der Waals surface area contributed by atoms with E-state index in [2.05, 4.69) is 31.0 Å². The lowest BCUT2D eigenvalue weighted by molar-refractivity contribution is 0.900. The summed E-state index contributed by atoms with van der Waals surface area (Å²) in [5, 5.41) is 2.91. The van der Waals surface area contributed by atoms with E-state index in [0.29, 0.717) is 17.0 Å². The molecule has 3 aromatic rings. The van der Waals surface area contributed by atoms with Crippen molar-refractivity contribution in [3.8, 4) is 11.4 Å². The normalized spacial score (nSPS) is 11.1. The number of halogens is 1. The van der Waals surface area contributed by atoms with Gasteiger partial charge in [-0.3, -0.25) is 14.9 Å². The Morgan fingerprint density at radius 2 is 2.21 bits per heavy atom. The van der Waals surface area contributed by atoms with Gasteiger partial charge in [-0.25, -0.2) is 9.50 Å². The van der Waals surface area contributed by atoms with Crippen molar-refractivity contribution in [1.82, 2.24) is 19.6 Å². The third-order valence-electron chi connectivity index (χ3n) is 2.94. The highest BCUT2D eigenvalue weighted by Gasteiger charge is 2.09. The van der Waals surface area contributed by atoms with E-state index < -0.39 is 0 Å². The molecular formula is C13H11BrN4O. The molecule has 0 aromatic carbocycles. The van der Waals surface area contributed by atoms with Gasteiger partial charge < -0.3 is 0 Å². The largest absolute Gasteiger partial charge is 0.297 e. The van der Waals surface area contributed by atoms with E-state index in [-0.39, 0.29) is 5.56 Å². The molecule has 0 aliphatic rings. The van der Waals surface area contributed by atoms with Gasteiger partial charge in [0.2, 0.25) is 0 Å². The number of H-pyrrole nitrogens is 1. The van der Waals surface area contributed by atoms with Crippen LogP contribution in [0.3, 0.4) is 0 Å². The predicted octanol–water partition coefficient (Wildman–Crippen LogP) is 2.41. The van der Waals surface area contributed by atoms with Gasteiger partial charge in [-0.2, -0.15) is 0 Å². The summed E-state index contributed by atoms with van der Waals surface area (Å²) in [5.41, 5.74) is 2.81. The molecular weight excluding hydrogens is 308 g/mol. The summed E-state index contributed by atoms with van der Waals surface area (Å²) in [7, 11) is 0. The van der Waals surface area contributed by atoms with Gasteiger partial charge in [0.15, 0.2) is 5.65 Å². The van der Waals surface area contributed by atoms with Crippen LogP contribution in [0.25, 0.3) is 17.0 Å². The van der Waals surface area contributed by atoms with Crippen LogP contribution in [0.15, 0.2) is 39.9 Å². The fourth-order valence-electron chi connectivity index (χ4n) is 1.95. The molecule has 0 spiro atoms. The van der Waals surface area contributed by atoms with Gasteiger partial charge in [-0.05, 0) is 34.5 Å². The Labute approximate surface area is 117 Å². The summed E-state index contributed by atoms with van der Waals surface area (Å²) in [6.07, 6.45) is 4.32. The van der Waals surface area contributed by atoms with Crippen molar-refractivity contribution in [2.24, 2.45) is 0 Å². The van der Waals surface area contributed by atoms with Gasteiger partial charge in [0.1, 0.15) is 0 Å². The highest BCUT2D eigenvalue weighted by molar-refractivity contribution is 9.10. The number of aromatic amines is 1. The zero-order chi connectivity index (χ0) is 13.4. The molecule has 3 rings (SSSR count). The maximum absolute atomic E-state index is 12.0. The minimum absolute atomic E-state index is 0.135. The summed E-state index contributed by atoms with van der Waals surface area (Å²) in [6, 6.07) is 5.20. The Hall–Kier alpha value is -1.95. The molecule has 96 valence electrons. The first kappa shape index (κ1) is 12.1. The fraction of sp³-hybridized carbons (Fsp3) is 0.154. The van der Waals surface area contributed by atoms with E-state index in [9.17, 15) is 4.79 Å². The van der Waals surface area contributed by atoms with Crippen molar-refractivity contribution in [3.05, 3.63) is 51.0 Å². The van der Waals surface area contributed by atoms with Crippen LogP contribution in [0.5, 0.6) is 0 Å². The van der Waals surface area contributed by atoms with Crippen LogP contribution >= 0.6 is 15.9 Å². The fourth-order valence-corrected chi connectivity index (χ4v) is 2.18. The van der Waals surface area contributed by atoms with E-state index >= 15 is 0 Å². The Morgan fingerprint density at radius 3 is 2.89 bits per heavy atom. The van der Waals surface area contributed by atoms with Gasteiger partial charge in [0, 0.05) is 28.5 Å². The van der Waals surface area contributed by atoms with Crippen LogP contribution in [0.2, 0.25) is 0 Å². The minimum Gasteiger partial charge on any atom is -0.297 e. The minimum atomic E-state index is -0.135. The van der Waals surface area contributed by atoms with Gasteiger partial charge in [0.25, 0.3) is 5.56 Å². The van der Waals surface area contributed by atoms with Gasteiger partial charge in [-0.1, -0.05) is 6.92 Å². The molecule has 0 atom stereocenters. The first-order valence-electron chi connectivity index (χ1n) is 5.91. The highest BCUT2D eigenvalue weighted by atomic mass is 79.9. The number of pyridine rings is 1. The summed E-state index contributed by atoms with van der Waals surface area (Å²) in [5.74, 6) is 0. The maximum atomic E-state index is 12.0. The van der Waals surface area contributed by atoms with E-state index in [1.54, 1.807) is 6.20 Å². The number of fused-ring (bicyclic) bond motifs is 1. The average Bonchev–Trinajstić information content (AvgIpc) is 2.83. The number of nitrogens with one attached hydrogen (secondary N) is 1. The van der Waals surface area contributed by atoms with Crippen molar-refractivity contribution >= 4 is 21.6 Å². The van der Waals surface area contributed by atoms with Crippen LogP contribution in [0.4, 0.5) is 0 Å². The third-order valence-corrected chi connectivity index (χ3v) is 3.41. The molecule has 0 radical (unpaired) electrons. The Morgan fingerprint density at radius 1 is 1.37 bits per heavy atom. The Kier molecular flexibility index (Phi) is 2.94. The molecule has 0 bridgehead atoms. The lowest BCUT2D eigenvalue weighted by Crippen LogP contribution is -2.14. The molecule has 19 heavy (non-hydrogen) atoms. The van der Waals surface area contributed by atoms with E-state index in [1.165, 1.54) is 10.6 Å². The monoisotopic (exact) mass is 318 g/mol. The maximum Gasteiger partial charge on any atom is 0.273 e. The Bertz CT molecular complexity index is 789. The summed E-state index contributed by atoms with van der Waals surface area (Å²) in [6.45, 7) is 2.03. The van der Waals surface area contributed by atoms with E-state index in [0.717, 1.165) is 16.5 Å². The van der Waals surface area contributed by atoms with Crippen molar-refractivity contribution in [2.75, 3.05) is 0 Å². The summed E-state index contributed by atoms with van der Waals surface area (Å²) in [4.78, 5) is 20.8. The zero-order valence-corrected chi connectivity index (χ0v) is 11.8. The van der Waals surface area contributed by atoms with Crippen molar-refractivity contribution in [2.45, 2.75) is 13.3 Å². The lowest BCUT2D eigenvalue weighted by Gasteiger charge is -2.01. The quantitative estimate of drug-likeness (QED) is 0.789. The molecule has 0 aliphatic carbocycles. The third kappa shape index (κ3) is 2.08. The van der Waals surface area contributed by atoms with Gasteiger partial charge in [-0.15, -0.1) is 0 Å². The Balaban J connectivity index is 2.24. The second-order valence-electron chi connectivity index (χ2n) is 4.15. The van der Waals surface area contributed by atoms with Crippen LogP contribution in [-0.4, -0.2) is 19.6 Å². The van der Waals surface area contributed by atoms with Gasteiger partial charge >= 0.3 is 0 Å². The van der Waals surface area contributed by atoms with Crippen molar-refractivity contribution < 1.29 is 0 Å². The van der Waals surface area contributed by atoms with Crippen LogP contribution in [0, 0.1) is 0 Å². The molecule has 0 saturated heterocycles. The van der Waals surface area contributed by atoms with Gasteiger partial charge in [0.05, 0.1) is 11.4 Å². The van der Waals surface area contributed by atoms with E-state index in [4.69, 9.17) is 0 Å². The van der Waals surface area contributed by atoms with Crippen molar-refractivity contribution in [1.29, 1.82) is 0 Å². The molecule has 3 heterocycles. The second-order valence-corrected chi connectivity index (χ2v) is 5.07. The molecule has 0 fully saturated rings.